The topological polar surface area (TPSA) is 143 Å². The van der Waals surface area contributed by atoms with Crippen molar-refractivity contribution < 1.29 is 22.7 Å². The first-order valence-corrected chi connectivity index (χ1v) is 11.2. The largest absolute Gasteiger partial charge is 0.461 e. The number of para-hydroxylation sites is 1. The molecule has 0 fully saturated rings. The second-order valence-electron chi connectivity index (χ2n) is 5.94. The molecule has 154 valence electrons. The number of rotatable bonds is 7. The smallest absolute Gasteiger partial charge is 0.354 e. The number of hydrazone groups is 1. The van der Waals surface area contributed by atoms with E-state index < -0.39 is 27.9 Å². The molecule has 2 N–H and O–H groups in total. The monoisotopic (exact) mass is 438 g/mol. The van der Waals surface area contributed by atoms with Crippen LogP contribution in [0.5, 0.6) is 0 Å². The summed E-state index contributed by atoms with van der Waals surface area (Å²) < 4.78 is 29.7. The van der Waals surface area contributed by atoms with Crippen LogP contribution in [0, 0.1) is 0 Å². The second-order valence-corrected chi connectivity index (χ2v) is 8.67. The molecule has 0 saturated heterocycles. The number of carbonyl (C=O) groups is 2. The molecule has 1 amide bonds. The Morgan fingerprint density at radius 1 is 1.24 bits per heavy atom. The Morgan fingerprint density at radius 3 is 2.59 bits per heavy atom. The maximum Gasteiger partial charge on any atom is 0.354 e. The van der Waals surface area contributed by atoms with Gasteiger partial charge in [0.1, 0.15) is 11.8 Å². The number of nitrogens with one attached hydrogen (secondary N) is 2. The van der Waals surface area contributed by atoms with Gasteiger partial charge in [-0.25, -0.2) is 13.2 Å². The van der Waals surface area contributed by atoms with Crippen LogP contribution in [-0.4, -0.2) is 55.1 Å². The van der Waals surface area contributed by atoms with Gasteiger partial charge in [0.25, 0.3) is 5.91 Å². The van der Waals surface area contributed by atoms with Crippen molar-refractivity contribution in [3.8, 4) is 0 Å². The number of carbonyl (C=O) groups excluding carboxylic acids is 2. The number of amides is 1. The first-order chi connectivity index (χ1) is 13.8. The van der Waals surface area contributed by atoms with E-state index in [1.54, 1.807) is 31.2 Å². The summed E-state index contributed by atoms with van der Waals surface area (Å²) in [6.07, 6.45) is 1.03. The summed E-state index contributed by atoms with van der Waals surface area (Å²) in [5.41, 5.74) is 0.760. The lowest BCUT2D eigenvalue weighted by molar-refractivity contribution is -0.135. The van der Waals surface area contributed by atoms with E-state index in [9.17, 15) is 18.0 Å². The minimum atomic E-state index is -3.51. The lowest BCUT2D eigenvalue weighted by Gasteiger charge is -2.22. The molecule has 2 aromatic rings. The Hall–Kier alpha value is -3.06. The molecule has 1 aliphatic heterocycles. The Balaban J connectivity index is 1.78. The number of benzene rings is 1. The molecule has 13 heteroatoms. The third-order valence-electron chi connectivity index (χ3n) is 3.67. The first-order valence-electron chi connectivity index (χ1n) is 8.48. The fourth-order valence-corrected chi connectivity index (χ4v) is 4.01. The highest BCUT2D eigenvalue weighted by atomic mass is 32.2. The van der Waals surface area contributed by atoms with E-state index in [1.165, 1.54) is 5.01 Å². The molecule has 1 atom stereocenters. The molecule has 2 heterocycles. The molecule has 1 unspecified atom stereocenters. The summed E-state index contributed by atoms with van der Waals surface area (Å²) in [6, 6.07) is 8.11. The molecule has 0 bridgehead atoms. The molecule has 0 radical (unpaired) electrons. The van der Waals surface area contributed by atoms with Gasteiger partial charge in [0.2, 0.25) is 20.3 Å². The quantitative estimate of drug-likeness (QED) is 0.611. The number of sulfonamides is 1. The molecule has 3 rings (SSSR count). The van der Waals surface area contributed by atoms with Gasteiger partial charge in [0, 0.05) is 6.42 Å². The van der Waals surface area contributed by atoms with Crippen molar-refractivity contribution in [1.82, 2.24) is 10.2 Å². The number of esters is 1. The van der Waals surface area contributed by atoms with Gasteiger partial charge in [-0.05, 0) is 19.1 Å². The fraction of sp³-hybridized carbons (Fsp3) is 0.312. The molecule has 11 nitrogen and oxygen atoms in total. The molecular weight excluding hydrogens is 420 g/mol. The third kappa shape index (κ3) is 5.26. The van der Waals surface area contributed by atoms with Crippen LogP contribution in [0.2, 0.25) is 0 Å². The van der Waals surface area contributed by atoms with Gasteiger partial charge in [-0.15, -0.1) is 10.2 Å². The standard InChI is InChI=1S/C16H18N6O5S2/c1-3-27-14(24)11-9-12(22(20-11)10-7-5-4-6-8-10)13(23)17-15-18-19-16(28-15)21-29(2,25)26/h4-8,12H,3,9H2,1-2H3,(H,19,21)(H,17,18,23). The number of hydrogen-bond acceptors (Lipinski definition) is 10. The van der Waals surface area contributed by atoms with E-state index in [1.807, 2.05) is 6.07 Å². The SMILES string of the molecule is CCOC(=O)C1=NN(c2ccccc2)C(C(=O)Nc2nnc(NS(C)(=O)=O)s2)C1. The molecular formula is C16H18N6O5S2. The molecule has 1 aromatic carbocycles. The predicted molar refractivity (Wildman–Crippen MR) is 108 cm³/mol. The minimum absolute atomic E-state index is 0.0256. The summed E-state index contributed by atoms with van der Waals surface area (Å²) in [4.78, 5) is 24.9. The van der Waals surface area contributed by atoms with Crippen LogP contribution in [0.4, 0.5) is 16.0 Å². The van der Waals surface area contributed by atoms with Crippen LogP contribution < -0.4 is 15.0 Å². The molecule has 29 heavy (non-hydrogen) atoms. The number of aromatic nitrogens is 2. The van der Waals surface area contributed by atoms with Gasteiger partial charge in [0.15, 0.2) is 0 Å². The highest BCUT2D eigenvalue weighted by Gasteiger charge is 2.37. The molecule has 0 aliphatic carbocycles. The van der Waals surface area contributed by atoms with Crippen LogP contribution in [0.25, 0.3) is 0 Å². The average molecular weight is 438 g/mol. The normalized spacial score (nSPS) is 16.3. The van der Waals surface area contributed by atoms with E-state index in [0.717, 1.165) is 17.6 Å². The van der Waals surface area contributed by atoms with E-state index in [0.29, 0.717) is 5.69 Å². The van der Waals surface area contributed by atoms with E-state index >= 15 is 0 Å². The average Bonchev–Trinajstić information content (AvgIpc) is 3.28. The van der Waals surface area contributed by atoms with Crippen molar-refractivity contribution in [2.24, 2.45) is 5.10 Å². The van der Waals surface area contributed by atoms with Crippen molar-refractivity contribution in [3.05, 3.63) is 30.3 Å². The maximum atomic E-state index is 12.8. The van der Waals surface area contributed by atoms with Gasteiger partial charge < -0.3 is 4.74 Å². The number of hydrogen-bond donors (Lipinski definition) is 2. The number of anilines is 3. The minimum Gasteiger partial charge on any atom is -0.461 e. The van der Waals surface area contributed by atoms with Crippen LogP contribution >= 0.6 is 11.3 Å². The van der Waals surface area contributed by atoms with Gasteiger partial charge in [0.05, 0.1) is 18.6 Å². The fourth-order valence-electron chi connectivity index (χ4n) is 2.53. The first kappa shape index (κ1) is 20.7. The van der Waals surface area contributed by atoms with Crippen LogP contribution in [0.1, 0.15) is 13.3 Å². The zero-order valence-electron chi connectivity index (χ0n) is 15.5. The zero-order chi connectivity index (χ0) is 21.0. The number of nitrogens with zero attached hydrogens (tertiary/aromatic N) is 4. The third-order valence-corrected chi connectivity index (χ3v) is 5.12. The van der Waals surface area contributed by atoms with Gasteiger partial charge >= 0.3 is 5.97 Å². The van der Waals surface area contributed by atoms with Gasteiger partial charge in [-0.1, -0.05) is 29.5 Å². The summed E-state index contributed by atoms with van der Waals surface area (Å²) in [7, 11) is -3.51. The summed E-state index contributed by atoms with van der Waals surface area (Å²) in [6.45, 7) is 1.88. The zero-order valence-corrected chi connectivity index (χ0v) is 17.2. The Morgan fingerprint density at radius 2 is 1.93 bits per heavy atom. The molecule has 0 saturated carbocycles. The summed E-state index contributed by atoms with van der Waals surface area (Å²) in [5, 5.41) is 15.9. The van der Waals surface area contributed by atoms with Crippen LogP contribution in [0.15, 0.2) is 35.4 Å². The molecule has 0 spiro atoms. The summed E-state index contributed by atoms with van der Waals surface area (Å²) in [5.74, 6) is -1.06. The predicted octanol–water partition coefficient (Wildman–Crippen LogP) is 1.05. The molecule has 1 aromatic heterocycles. The van der Waals surface area contributed by atoms with Crippen LogP contribution in [-0.2, 0) is 24.3 Å². The van der Waals surface area contributed by atoms with Crippen molar-refractivity contribution in [1.29, 1.82) is 0 Å². The van der Waals surface area contributed by atoms with Crippen LogP contribution in [0.3, 0.4) is 0 Å². The van der Waals surface area contributed by atoms with Crippen molar-refractivity contribution in [2.45, 2.75) is 19.4 Å². The molecule has 1 aliphatic rings. The van der Waals surface area contributed by atoms with Crippen molar-refractivity contribution >= 4 is 54.9 Å². The lowest BCUT2D eigenvalue weighted by Crippen LogP contribution is -2.38. The van der Waals surface area contributed by atoms with E-state index in [2.05, 4.69) is 25.3 Å². The van der Waals surface area contributed by atoms with Crippen molar-refractivity contribution in [3.63, 3.8) is 0 Å². The second kappa shape index (κ2) is 8.53. The highest BCUT2D eigenvalue weighted by molar-refractivity contribution is 7.92. The Kier molecular flexibility index (Phi) is 6.08. The van der Waals surface area contributed by atoms with Crippen molar-refractivity contribution in [2.75, 3.05) is 27.9 Å². The van der Waals surface area contributed by atoms with Gasteiger partial charge in [-0.3, -0.25) is 19.8 Å². The summed E-state index contributed by atoms with van der Waals surface area (Å²) >= 11 is 0.867. The maximum absolute atomic E-state index is 12.8. The Bertz CT molecular complexity index is 1040. The number of ether oxygens (including phenoxy) is 1. The van der Waals surface area contributed by atoms with Gasteiger partial charge in [-0.2, -0.15) is 5.10 Å². The Labute approximate surface area is 170 Å². The van der Waals surface area contributed by atoms with E-state index in [4.69, 9.17) is 4.74 Å². The van der Waals surface area contributed by atoms with E-state index in [-0.39, 0.29) is 29.0 Å². The lowest BCUT2D eigenvalue weighted by atomic mass is 10.1. The highest BCUT2D eigenvalue weighted by Crippen LogP contribution is 2.27.